The molecule has 0 aromatic heterocycles. The molecule has 25 heavy (non-hydrogen) atoms. The summed E-state index contributed by atoms with van der Waals surface area (Å²) >= 11 is 0. The number of carbonyl (C=O) groups is 1. The number of amides is 1. The Kier molecular flexibility index (Phi) is 9.31. The van der Waals surface area contributed by atoms with Gasteiger partial charge in [-0.05, 0) is 24.6 Å². The van der Waals surface area contributed by atoms with E-state index in [1.54, 1.807) is 20.2 Å². The number of anilines is 1. The Morgan fingerprint density at radius 1 is 1.52 bits per heavy atom. The average molecular weight is 456 g/mol. The maximum atomic E-state index is 12.1. The Bertz CT molecular complexity index is 642. The van der Waals surface area contributed by atoms with Crippen LogP contribution in [0.3, 0.4) is 0 Å². The van der Waals surface area contributed by atoms with Gasteiger partial charge in [0.25, 0.3) is 0 Å². The number of aliphatic imine (C=N–C) groups is 1. The Morgan fingerprint density at radius 2 is 2.32 bits per heavy atom. The molecule has 1 aromatic carbocycles. The van der Waals surface area contributed by atoms with Gasteiger partial charge in [-0.2, -0.15) is 0 Å². The van der Waals surface area contributed by atoms with E-state index in [1.807, 2.05) is 18.2 Å². The first-order valence-electron chi connectivity index (χ1n) is 7.97. The molecule has 1 amide bonds. The maximum Gasteiger partial charge on any atom is 0.243 e. The first-order valence-corrected chi connectivity index (χ1v) is 7.97. The fourth-order valence-electron chi connectivity index (χ4n) is 2.78. The predicted molar refractivity (Wildman–Crippen MR) is 111 cm³/mol. The molecule has 1 aliphatic rings. The minimum Gasteiger partial charge on any atom is -0.384 e. The molecule has 2 N–H and O–H groups in total. The molecule has 1 aliphatic heterocycles. The summed E-state index contributed by atoms with van der Waals surface area (Å²) < 4.78 is 5.21. The molecule has 0 bridgehead atoms. The number of nitrogens with zero attached hydrogens (tertiary/aromatic N) is 2. The number of likely N-dealkylation sites (tertiary alicyclic amines) is 1. The van der Waals surface area contributed by atoms with Crippen molar-refractivity contribution in [2.24, 2.45) is 10.9 Å². The Morgan fingerprint density at radius 3 is 3.00 bits per heavy atom. The topological polar surface area (TPSA) is 66.0 Å². The highest BCUT2D eigenvalue weighted by Crippen LogP contribution is 2.16. The van der Waals surface area contributed by atoms with Crippen LogP contribution in [-0.4, -0.2) is 57.2 Å². The van der Waals surface area contributed by atoms with Crippen molar-refractivity contribution >= 4 is 41.5 Å². The van der Waals surface area contributed by atoms with Crippen molar-refractivity contribution in [3.63, 3.8) is 0 Å². The number of benzene rings is 1. The van der Waals surface area contributed by atoms with Gasteiger partial charge in [-0.15, -0.1) is 30.4 Å². The van der Waals surface area contributed by atoms with Crippen LogP contribution in [0.5, 0.6) is 0 Å². The molecule has 1 fully saturated rings. The number of ether oxygens (including phenoxy) is 1. The van der Waals surface area contributed by atoms with Crippen molar-refractivity contribution in [2.75, 3.05) is 45.7 Å². The maximum absolute atomic E-state index is 12.1. The fraction of sp³-hybridized carbons (Fsp3) is 0.444. The zero-order valence-electron chi connectivity index (χ0n) is 14.6. The van der Waals surface area contributed by atoms with Crippen LogP contribution in [-0.2, 0) is 9.53 Å². The largest absolute Gasteiger partial charge is 0.384 e. The molecule has 1 atom stereocenters. The molecule has 1 aromatic rings. The van der Waals surface area contributed by atoms with Crippen LogP contribution in [0.4, 0.5) is 5.69 Å². The lowest BCUT2D eigenvalue weighted by Crippen LogP contribution is -2.43. The molecule has 7 heteroatoms. The van der Waals surface area contributed by atoms with Crippen LogP contribution in [0.2, 0.25) is 0 Å². The summed E-state index contributed by atoms with van der Waals surface area (Å²) in [4.78, 5) is 18.5. The minimum atomic E-state index is -0.141. The molecule has 0 aliphatic carbocycles. The lowest BCUT2D eigenvalue weighted by atomic mass is 10.1. The second-order valence-electron chi connectivity index (χ2n) is 5.73. The Hall–Kier alpha value is -1.79. The van der Waals surface area contributed by atoms with E-state index >= 15 is 0 Å². The van der Waals surface area contributed by atoms with Gasteiger partial charge in [-0.3, -0.25) is 9.79 Å². The van der Waals surface area contributed by atoms with Crippen molar-refractivity contribution in [1.82, 2.24) is 10.2 Å². The van der Waals surface area contributed by atoms with Crippen molar-refractivity contribution in [3.05, 3.63) is 29.8 Å². The van der Waals surface area contributed by atoms with E-state index in [1.165, 1.54) is 0 Å². The van der Waals surface area contributed by atoms with Crippen molar-refractivity contribution in [1.29, 1.82) is 0 Å². The van der Waals surface area contributed by atoms with Crippen LogP contribution in [0, 0.1) is 18.3 Å². The van der Waals surface area contributed by atoms with Crippen molar-refractivity contribution in [3.8, 4) is 12.3 Å². The Labute approximate surface area is 166 Å². The summed E-state index contributed by atoms with van der Waals surface area (Å²) in [7, 11) is 3.44. The molecule has 6 nitrogen and oxygen atoms in total. The number of carbonyl (C=O) groups excluding carboxylic acids is 1. The zero-order valence-corrected chi connectivity index (χ0v) is 16.9. The van der Waals surface area contributed by atoms with E-state index in [0.29, 0.717) is 11.6 Å². The van der Waals surface area contributed by atoms with Gasteiger partial charge in [-0.1, -0.05) is 12.0 Å². The van der Waals surface area contributed by atoms with Gasteiger partial charge in [-0.25, -0.2) is 0 Å². The van der Waals surface area contributed by atoms with Crippen molar-refractivity contribution < 1.29 is 9.53 Å². The number of nitrogens with one attached hydrogen (secondary N) is 2. The van der Waals surface area contributed by atoms with Gasteiger partial charge in [0.2, 0.25) is 5.91 Å². The summed E-state index contributed by atoms with van der Waals surface area (Å²) in [6.45, 7) is 2.71. The number of terminal acetylenes is 1. The second-order valence-corrected chi connectivity index (χ2v) is 5.73. The van der Waals surface area contributed by atoms with E-state index in [2.05, 4.69) is 26.4 Å². The van der Waals surface area contributed by atoms with E-state index < -0.39 is 0 Å². The highest BCUT2D eigenvalue weighted by molar-refractivity contribution is 14.0. The van der Waals surface area contributed by atoms with Crippen molar-refractivity contribution in [2.45, 2.75) is 6.42 Å². The lowest BCUT2D eigenvalue weighted by molar-refractivity contribution is -0.115. The molecule has 0 spiro atoms. The van der Waals surface area contributed by atoms with Gasteiger partial charge >= 0.3 is 0 Å². The average Bonchev–Trinajstić information content (AvgIpc) is 3.04. The summed E-state index contributed by atoms with van der Waals surface area (Å²) in [5.41, 5.74) is 1.42. The lowest BCUT2D eigenvalue weighted by Gasteiger charge is -2.21. The summed E-state index contributed by atoms with van der Waals surface area (Å²) in [6, 6.07) is 7.21. The SMILES string of the molecule is C#Cc1cccc(NC(=O)CNC(=NC)N2CCC(COC)C2)c1.I. The quantitative estimate of drug-likeness (QED) is 0.307. The van der Waals surface area contributed by atoms with E-state index in [-0.39, 0.29) is 36.4 Å². The first-order chi connectivity index (χ1) is 11.7. The van der Waals surface area contributed by atoms with Crippen LogP contribution in [0.15, 0.2) is 29.3 Å². The Balaban J connectivity index is 0.00000312. The number of halogens is 1. The number of hydrogen-bond acceptors (Lipinski definition) is 3. The normalized spacial score (nSPS) is 16.8. The zero-order chi connectivity index (χ0) is 17.4. The van der Waals surface area contributed by atoms with Crippen LogP contribution >= 0.6 is 24.0 Å². The fourth-order valence-corrected chi connectivity index (χ4v) is 2.78. The van der Waals surface area contributed by atoms with Crippen LogP contribution < -0.4 is 10.6 Å². The van der Waals surface area contributed by atoms with Gasteiger partial charge < -0.3 is 20.3 Å². The predicted octanol–water partition coefficient (Wildman–Crippen LogP) is 1.77. The number of hydrogen-bond donors (Lipinski definition) is 2. The number of methoxy groups -OCH3 is 1. The monoisotopic (exact) mass is 456 g/mol. The molecule has 136 valence electrons. The van der Waals surface area contributed by atoms with Crippen LogP contribution in [0.25, 0.3) is 0 Å². The molecular weight excluding hydrogens is 431 g/mol. The van der Waals surface area contributed by atoms with Gasteiger partial charge in [0.05, 0.1) is 13.2 Å². The highest BCUT2D eigenvalue weighted by Gasteiger charge is 2.24. The smallest absolute Gasteiger partial charge is 0.243 e. The second kappa shape index (κ2) is 10.9. The molecule has 1 heterocycles. The van der Waals surface area contributed by atoms with Crippen LogP contribution in [0.1, 0.15) is 12.0 Å². The highest BCUT2D eigenvalue weighted by atomic mass is 127. The third-order valence-electron chi connectivity index (χ3n) is 3.92. The van der Waals surface area contributed by atoms with E-state index in [4.69, 9.17) is 11.2 Å². The summed E-state index contributed by atoms with van der Waals surface area (Å²) in [6.07, 6.45) is 6.43. The number of rotatable bonds is 5. The molecular formula is C18H25IN4O2. The summed E-state index contributed by atoms with van der Waals surface area (Å²) in [5.74, 6) is 3.65. The molecule has 0 saturated carbocycles. The van der Waals surface area contributed by atoms with Gasteiger partial charge in [0, 0.05) is 44.4 Å². The molecule has 0 radical (unpaired) electrons. The van der Waals surface area contributed by atoms with Gasteiger partial charge in [0.1, 0.15) is 0 Å². The third-order valence-corrected chi connectivity index (χ3v) is 3.92. The minimum absolute atomic E-state index is 0. The first kappa shape index (κ1) is 21.3. The summed E-state index contributed by atoms with van der Waals surface area (Å²) in [5, 5.41) is 5.93. The molecule has 1 unspecified atom stereocenters. The third kappa shape index (κ3) is 6.55. The molecule has 2 rings (SSSR count). The molecule has 1 saturated heterocycles. The number of guanidine groups is 1. The van der Waals surface area contributed by atoms with Gasteiger partial charge in [0.15, 0.2) is 5.96 Å². The van der Waals surface area contributed by atoms with E-state index in [9.17, 15) is 4.79 Å². The standard InChI is InChI=1S/C18H24N4O2.HI/c1-4-14-6-5-7-16(10-14)21-17(23)11-20-18(19-2)22-9-8-15(12-22)13-24-3;/h1,5-7,10,15H,8-9,11-13H2,2-3H3,(H,19,20)(H,21,23);1H. The van der Waals surface area contributed by atoms with E-state index in [0.717, 1.165) is 37.6 Å².